The quantitative estimate of drug-likeness (QED) is 0.393. The van der Waals surface area contributed by atoms with Crippen LogP contribution in [0.1, 0.15) is 23.1 Å². The van der Waals surface area contributed by atoms with Gasteiger partial charge in [0.25, 0.3) is 5.56 Å². The highest BCUT2D eigenvalue weighted by molar-refractivity contribution is 7.98. The van der Waals surface area contributed by atoms with Gasteiger partial charge in [0, 0.05) is 0 Å². The summed E-state index contributed by atoms with van der Waals surface area (Å²) in [5, 5.41) is 1.20. The maximum atomic E-state index is 13.0. The molecule has 0 atom stereocenters. The summed E-state index contributed by atoms with van der Waals surface area (Å²) in [5.41, 5.74) is 1.46. The molecule has 0 amide bonds. The molecule has 0 saturated carbocycles. The molecule has 1 aromatic carbocycles. The van der Waals surface area contributed by atoms with E-state index in [0.29, 0.717) is 40.0 Å². The molecule has 0 aliphatic rings. The standard InChI is InChI=1S/C19H17N3O3S/c1-12-13(2)25-17(20-12)11-26-19-21-16-8-4-3-7-15(16)18(23)22(19)10-14-6-5-9-24-14/h3-9H,10-11H2,1-2H3. The van der Waals surface area contributed by atoms with Crippen molar-refractivity contribution in [2.24, 2.45) is 0 Å². The largest absolute Gasteiger partial charge is 0.467 e. The third-order valence-corrected chi connectivity index (χ3v) is 5.08. The Kier molecular flexibility index (Phi) is 4.38. The van der Waals surface area contributed by atoms with Crippen LogP contribution in [0.3, 0.4) is 0 Å². The molecule has 6 nitrogen and oxygen atoms in total. The number of hydrogen-bond donors (Lipinski definition) is 0. The molecule has 0 bridgehead atoms. The van der Waals surface area contributed by atoms with Crippen molar-refractivity contribution in [1.82, 2.24) is 14.5 Å². The third kappa shape index (κ3) is 3.17. The van der Waals surface area contributed by atoms with Gasteiger partial charge in [-0.2, -0.15) is 0 Å². The van der Waals surface area contributed by atoms with Crippen LogP contribution >= 0.6 is 11.8 Å². The number of aryl methyl sites for hydroxylation is 2. The van der Waals surface area contributed by atoms with E-state index >= 15 is 0 Å². The summed E-state index contributed by atoms with van der Waals surface area (Å²) in [4.78, 5) is 22.0. The Balaban J connectivity index is 1.74. The van der Waals surface area contributed by atoms with Crippen molar-refractivity contribution in [3.63, 3.8) is 0 Å². The fraction of sp³-hybridized carbons (Fsp3) is 0.211. The Morgan fingerprint density at radius 3 is 2.69 bits per heavy atom. The van der Waals surface area contributed by atoms with Gasteiger partial charge in [-0.15, -0.1) is 0 Å². The van der Waals surface area contributed by atoms with E-state index in [1.165, 1.54) is 11.8 Å². The average molecular weight is 367 g/mol. The van der Waals surface area contributed by atoms with Crippen molar-refractivity contribution in [1.29, 1.82) is 0 Å². The highest BCUT2D eigenvalue weighted by atomic mass is 32.2. The zero-order valence-electron chi connectivity index (χ0n) is 14.4. The number of furan rings is 1. The van der Waals surface area contributed by atoms with Gasteiger partial charge in [0.15, 0.2) is 5.16 Å². The molecule has 132 valence electrons. The minimum atomic E-state index is -0.0886. The van der Waals surface area contributed by atoms with Crippen LogP contribution in [0.25, 0.3) is 10.9 Å². The van der Waals surface area contributed by atoms with Gasteiger partial charge < -0.3 is 8.83 Å². The number of fused-ring (bicyclic) bond motifs is 1. The van der Waals surface area contributed by atoms with Gasteiger partial charge >= 0.3 is 0 Å². The molecule has 0 fully saturated rings. The predicted molar refractivity (Wildman–Crippen MR) is 99.4 cm³/mol. The lowest BCUT2D eigenvalue weighted by atomic mass is 10.2. The molecule has 7 heteroatoms. The number of oxazole rings is 1. The van der Waals surface area contributed by atoms with Crippen molar-refractivity contribution in [2.45, 2.75) is 31.3 Å². The summed E-state index contributed by atoms with van der Waals surface area (Å²) < 4.78 is 12.7. The van der Waals surface area contributed by atoms with Crippen molar-refractivity contribution >= 4 is 22.7 Å². The number of nitrogens with zero attached hydrogens (tertiary/aromatic N) is 3. The molecule has 4 rings (SSSR count). The molecule has 3 aromatic heterocycles. The summed E-state index contributed by atoms with van der Waals surface area (Å²) in [6, 6.07) is 11.0. The summed E-state index contributed by atoms with van der Waals surface area (Å²) in [6.07, 6.45) is 1.60. The molecule has 0 unspecified atom stereocenters. The predicted octanol–water partition coefficient (Wildman–Crippen LogP) is 3.93. The second-order valence-corrected chi connectivity index (χ2v) is 6.86. The highest BCUT2D eigenvalue weighted by Gasteiger charge is 2.15. The number of para-hydroxylation sites is 1. The van der Waals surface area contributed by atoms with E-state index in [2.05, 4.69) is 9.97 Å². The molecular formula is C19H17N3O3S. The summed E-state index contributed by atoms with van der Waals surface area (Å²) >= 11 is 1.43. The lowest BCUT2D eigenvalue weighted by molar-refractivity contribution is 0.475. The molecule has 0 aliphatic carbocycles. The maximum Gasteiger partial charge on any atom is 0.262 e. The molecule has 26 heavy (non-hydrogen) atoms. The first-order chi connectivity index (χ1) is 12.6. The SMILES string of the molecule is Cc1nc(CSc2nc3ccccc3c(=O)n2Cc2ccco2)oc1C. The van der Waals surface area contributed by atoms with Gasteiger partial charge in [-0.25, -0.2) is 9.97 Å². The number of hydrogen-bond acceptors (Lipinski definition) is 6. The zero-order valence-corrected chi connectivity index (χ0v) is 15.2. The minimum absolute atomic E-state index is 0.0886. The molecule has 4 aromatic rings. The number of aromatic nitrogens is 3. The number of benzene rings is 1. The second-order valence-electron chi connectivity index (χ2n) is 5.92. The van der Waals surface area contributed by atoms with Crippen LogP contribution in [0.15, 0.2) is 61.4 Å². The topological polar surface area (TPSA) is 74.1 Å². The lowest BCUT2D eigenvalue weighted by Crippen LogP contribution is -2.23. The zero-order chi connectivity index (χ0) is 18.1. The maximum absolute atomic E-state index is 13.0. The van der Waals surface area contributed by atoms with Crippen molar-refractivity contribution < 1.29 is 8.83 Å². The second kappa shape index (κ2) is 6.84. The van der Waals surface area contributed by atoms with Crippen molar-refractivity contribution in [3.05, 3.63) is 76.1 Å². The Labute approximate surface area is 153 Å². The Hall–Kier alpha value is -2.80. The van der Waals surface area contributed by atoms with E-state index in [4.69, 9.17) is 8.83 Å². The van der Waals surface area contributed by atoms with Gasteiger partial charge in [0.1, 0.15) is 11.5 Å². The fourth-order valence-corrected chi connectivity index (χ4v) is 3.53. The average Bonchev–Trinajstić information content (AvgIpc) is 3.26. The first-order valence-corrected chi connectivity index (χ1v) is 9.18. The Morgan fingerprint density at radius 2 is 1.96 bits per heavy atom. The van der Waals surface area contributed by atoms with Crippen LogP contribution < -0.4 is 5.56 Å². The summed E-state index contributed by atoms with van der Waals surface area (Å²) in [6.45, 7) is 4.13. The van der Waals surface area contributed by atoms with Crippen LogP contribution in [0.5, 0.6) is 0 Å². The van der Waals surface area contributed by atoms with E-state index in [9.17, 15) is 4.79 Å². The van der Waals surface area contributed by atoms with E-state index in [1.54, 1.807) is 23.0 Å². The van der Waals surface area contributed by atoms with Gasteiger partial charge in [-0.05, 0) is 38.1 Å². The first-order valence-electron chi connectivity index (χ1n) is 8.19. The lowest BCUT2D eigenvalue weighted by Gasteiger charge is -2.11. The minimum Gasteiger partial charge on any atom is -0.467 e. The van der Waals surface area contributed by atoms with Gasteiger partial charge in [0.2, 0.25) is 5.89 Å². The van der Waals surface area contributed by atoms with E-state index in [-0.39, 0.29) is 5.56 Å². The number of thioether (sulfide) groups is 1. The third-order valence-electron chi connectivity index (χ3n) is 4.12. The summed E-state index contributed by atoms with van der Waals surface area (Å²) in [7, 11) is 0. The van der Waals surface area contributed by atoms with Crippen molar-refractivity contribution in [2.75, 3.05) is 0 Å². The normalized spacial score (nSPS) is 11.3. The Morgan fingerprint density at radius 1 is 1.12 bits per heavy atom. The van der Waals surface area contributed by atoms with Crippen LogP contribution in [0, 0.1) is 13.8 Å². The smallest absolute Gasteiger partial charge is 0.262 e. The highest BCUT2D eigenvalue weighted by Crippen LogP contribution is 2.23. The van der Waals surface area contributed by atoms with E-state index < -0.39 is 0 Å². The van der Waals surface area contributed by atoms with Gasteiger partial charge in [-0.1, -0.05) is 23.9 Å². The van der Waals surface area contributed by atoms with Crippen LogP contribution in [0.4, 0.5) is 0 Å². The van der Waals surface area contributed by atoms with Crippen molar-refractivity contribution in [3.8, 4) is 0 Å². The summed E-state index contributed by atoms with van der Waals surface area (Å²) in [5.74, 6) is 2.63. The molecule has 3 heterocycles. The molecule has 0 radical (unpaired) electrons. The van der Waals surface area contributed by atoms with Crippen LogP contribution in [0.2, 0.25) is 0 Å². The van der Waals surface area contributed by atoms with E-state index in [1.807, 2.05) is 38.1 Å². The van der Waals surface area contributed by atoms with Crippen LogP contribution in [-0.4, -0.2) is 14.5 Å². The Bertz CT molecular complexity index is 1090. The number of rotatable bonds is 5. The van der Waals surface area contributed by atoms with Crippen LogP contribution in [-0.2, 0) is 12.3 Å². The molecule has 0 N–H and O–H groups in total. The van der Waals surface area contributed by atoms with E-state index in [0.717, 1.165) is 11.5 Å². The molecule has 0 aliphatic heterocycles. The van der Waals surface area contributed by atoms with Gasteiger partial charge in [0.05, 0.1) is 35.2 Å². The molecule has 0 spiro atoms. The first kappa shape index (κ1) is 16.7. The molecular weight excluding hydrogens is 350 g/mol. The van der Waals surface area contributed by atoms with Gasteiger partial charge in [-0.3, -0.25) is 9.36 Å². The fourth-order valence-electron chi connectivity index (χ4n) is 2.68. The molecule has 0 saturated heterocycles. The monoisotopic (exact) mass is 367 g/mol.